The zero-order chi connectivity index (χ0) is 34.4. The van der Waals surface area contributed by atoms with Crippen LogP contribution in [0.1, 0.15) is 16.8 Å². The van der Waals surface area contributed by atoms with Crippen LogP contribution in [0.2, 0.25) is 9.36 Å². The summed E-state index contributed by atoms with van der Waals surface area (Å²) in [5.41, 5.74) is 13.1. The molecule has 2 amide bonds. The number of β-lactam (4-membered cyclic amide) rings is 1. The Kier molecular flexibility index (Phi) is 9.04. The lowest BCUT2D eigenvalue weighted by molar-refractivity contribution is -0.663. The van der Waals surface area contributed by atoms with Crippen LogP contribution in [0.4, 0.5) is 9.52 Å². The Bertz CT molecular complexity index is 2080. The number of carbonyl (C=O) groups is 3. The van der Waals surface area contributed by atoms with E-state index in [-0.39, 0.29) is 67.4 Å². The number of nitrogen functional groups attached to an aromatic ring is 2. The highest BCUT2D eigenvalue weighted by atomic mass is 35.5. The summed E-state index contributed by atoms with van der Waals surface area (Å²) >= 11 is 14.7. The molecule has 0 aliphatic carbocycles. The second-order valence-corrected chi connectivity index (χ2v) is 13.7. The first-order chi connectivity index (χ1) is 22.9. The number of aliphatic carboxylic acids is 1. The van der Waals surface area contributed by atoms with Gasteiger partial charge in [0.2, 0.25) is 5.52 Å². The Hall–Kier alpha value is -4.71. The highest BCUT2D eigenvalue weighted by molar-refractivity contribution is 8.00. The van der Waals surface area contributed by atoms with Crippen molar-refractivity contribution in [3.63, 3.8) is 0 Å². The van der Waals surface area contributed by atoms with Crippen molar-refractivity contribution in [3.05, 3.63) is 86.0 Å². The summed E-state index contributed by atoms with van der Waals surface area (Å²) in [6.07, 6.45) is 3.54. The van der Waals surface area contributed by atoms with Gasteiger partial charge in [-0.15, -0.1) is 11.8 Å². The molecular weight excluding hydrogens is 708 g/mol. The predicted octanol–water partition coefficient (Wildman–Crippen LogP) is 2.54. The Morgan fingerprint density at radius 1 is 1.33 bits per heavy atom. The Morgan fingerprint density at radius 2 is 2.10 bits per heavy atom. The largest absolute Gasteiger partial charge is 0.477 e. The highest BCUT2D eigenvalue weighted by Gasteiger charge is 2.55. The number of nitrogens with zero attached hydrogens (tertiary/aromatic N) is 5. The Morgan fingerprint density at radius 3 is 2.75 bits per heavy atom. The first-order valence-corrected chi connectivity index (χ1v) is 16.6. The molecule has 5 heterocycles. The quantitative estimate of drug-likeness (QED) is 0.0533. The number of nitrogens with one attached hydrogen (secondary N) is 2. The second kappa shape index (κ2) is 13.1. The van der Waals surface area contributed by atoms with Crippen LogP contribution in [0, 0.1) is 11.2 Å². The van der Waals surface area contributed by atoms with Gasteiger partial charge >= 0.3 is 5.97 Å². The average Bonchev–Trinajstić information content (AvgIpc) is 3.61. The fraction of sp³-hybridized carbons (Fsp3) is 0.207. The first kappa shape index (κ1) is 33.2. The zero-order valence-corrected chi connectivity index (χ0v) is 27.9. The highest BCUT2D eigenvalue weighted by Crippen LogP contribution is 2.40. The molecule has 4 aromatic rings. The van der Waals surface area contributed by atoms with Crippen LogP contribution in [0.3, 0.4) is 0 Å². The number of halogens is 3. The van der Waals surface area contributed by atoms with Crippen molar-refractivity contribution in [2.45, 2.75) is 24.5 Å². The molecule has 2 aliphatic heterocycles. The van der Waals surface area contributed by atoms with Crippen molar-refractivity contribution in [1.29, 1.82) is 5.41 Å². The van der Waals surface area contributed by atoms with Gasteiger partial charge in [0.25, 0.3) is 11.8 Å². The van der Waals surface area contributed by atoms with Crippen molar-refractivity contribution >= 4 is 91.8 Å². The van der Waals surface area contributed by atoms with Gasteiger partial charge in [-0.05, 0) is 18.2 Å². The average molecular weight is 734 g/mol. The number of aromatic nitrogens is 3. The lowest BCUT2D eigenvalue weighted by Gasteiger charge is -2.49. The van der Waals surface area contributed by atoms with E-state index in [0.29, 0.717) is 5.57 Å². The summed E-state index contributed by atoms with van der Waals surface area (Å²) in [5, 5.41) is 23.6. The zero-order valence-electron chi connectivity index (χ0n) is 24.7. The third-order valence-corrected chi connectivity index (χ3v) is 10.5. The summed E-state index contributed by atoms with van der Waals surface area (Å²) in [6, 6.07) is 6.98. The van der Waals surface area contributed by atoms with Gasteiger partial charge in [-0.1, -0.05) is 39.7 Å². The number of thiazole rings is 1. The van der Waals surface area contributed by atoms with Crippen LogP contribution in [-0.2, 0) is 32.3 Å². The van der Waals surface area contributed by atoms with E-state index in [1.54, 1.807) is 23.0 Å². The fourth-order valence-electron chi connectivity index (χ4n) is 5.54. The maximum atomic E-state index is 14.9. The van der Waals surface area contributed by atoms with Crippen molar-refractivity contribution in [3.8, 4) is 0 Å². The normalized spacial score (nSPS) is 17.7. The molecular formula is C29H25Cl2FN9O5S2+. The number of carbonyl (C=O) groups excluding carboxylic acids is 2. The number of pyridine rings is 1. The number of amides is 2. The van der Waals surface area contributed by atoms with E-state index in [9.17, 15) is 23.9 Å². The van der Waals surface area contributed by atoms with Gasteiger partial charge in [-0.3, -0.25) is 19.9 Å². The van der Waals surface area contributed by atoms with Gasteiger partial charge in [0, 0.05) is 45.8 Å². The second-order valence-electron chi connectivity index (χ2n) is 10.6. The van der Waals surface area contributed by atoms with Gasteiger partial charge in [0.15, 0.2) is 23.6 Å². The molecule has 248 valence electrons. The number of rotatable bonds is 10. The van der Waals surface area contributed by atoms with Crippen LogP contribution in [0.25, 0.3) is 11.0 Å². The molecule has 0 bridgehead atoms. The van der Waals surface area contributed by atoms with Crippen molar-refractivity contribution in [1.82, 2.24) is 19.8 Å². The van der Waals surface area contributed by atoms with Gasteiger partial charge in [-0.25, -0.2) is 14.2 Å². The van der Waals surface area contributed by atoms with Crippen molar-refractivity contribution in [2.24, 2.45) is 10.9 Å². The molecule has 6 rings (SSSR count). The molecule has 3 aromatic heterocycles. The van der Waals surface area contributed by atoms with E-state index < -0.39 is 35.0 Å². The maximum absolute atomic E-state index is 14.9. The monoisotopic (exact) mass is 732 g/mol. The third kappa shape index (κ3) is 5.93. The summed E-state index contributed by atoms with van der Waals surface area (Å²) in [5.74, 6) is -3.34. The van der Waals surface area contributed by atoms with Crippen molar-refractivity contribution < 1.29 is 33.3 Å². The minimum atomic E-state index is -1.29. The molecule has 1 saturated heterocycles. The standard InChI is InChI=1S/C29H24Cl2FN9O5S2/c1-46-38-20(19-23(31)48-29(35)37-19)25(42)36-21-26(43)41-22(28(44)45)13(11-47-27(21)41)9-39-5-2-3-17-18(39)4-6-40(17)10-14-15(30)7-12(24(33)34)8-16(14)32/h2-8,21,27H,9-11H2,1H3,(H6-,33,34,35,36,37,42,44,45)/p+1/b38-20-/t21-,27-/m1/s1. The van der Waals surface area contributed by atoms with E-state index in [2.05, 4.69) is 15.5 Å². The number of hydrogen-bond acceptors (Lipinski definition) is 10. The van der Waals surface area contributed by atoms with E-state index in [1.165, 1.54) is 29.8 Å². The van der Waals surface area contributed by atoms with Gasteiger partial charge in [0.05, 0.1) is 6.54 Å². The number of nitrogens with two attached hydrogens (primary N) is 2. The van der Waals surface area contributed by atoms with Gasteiger partial charge in [0.1, 0.15) is 51.4 Å². The SMILES string of the molecule is CO/N=C(\C(=O)N[C@@H]1C(=O)N2C(C(=O)O)=C(C[n+]3cccc4c3ccn4Cc3c(F)cc(C(=N)N)cc3Cl)CS[C@H]12)c1nc(N)sc1Cl. The van der Waals surface area contributed by atoms with E-state index in [1.807, 2.05) is 16.7 Å². The third-order valence-electron chi connectivity index (χ3n) is 7.72. The molecule has 0 unspecified atom stereocenters. The molecule has 1 fully saturated rings. The lowest BCUT2D eigenvalue weighted by Crippen LogP contribution is -2.71. The van der Waals surface area contributed by atoms with Crippen LogP contribution < -0.4 is 21.4 Å². The molecule has 2 atom stereocenters. The number of carboxylic acid groups (broad SMARTS) is 1. The number of anilines is 1. The number of fused-ring (bicyclic) bond motifs is 2. The van der Waals surface area contributed by atoms with Crippen LogP contribution in [-0.4, -0.2) is 73.2 Å². The lowest BCUT2D eigenvalue weighted by atomic mass is 10.0. The molecule has 1 aromatic carbocycles. The molecule has 0 saturated carbocycles. The van der Waals surface area contributed by atoms with E-state index >= 15 is 0 Å². The van der Waals surface area contributed by atoms with Crippen LogP contribution >= 0.6 is 46.3 Å². The van der Waals surface area contributed by atoms with E-state index in [4.69, 9.17) is 44.9 Å². The molecule has 0 radical (unpaired) electrons. The molecule has 14 nitrogen and oxygen atoms in total. The van der Waals surface area contributed by atoms with Crippen LogP contribution in [0.5, 0.6) is 0 Å². The number of benzene rings is 1. The molecule has 48 heavy (non-hydrogen) atoms. The summed E-state index contributed by atoms with van der Waals surface area (Å²) in [7, 11) is 1.23. The van der Waals surface area contributed by atoms with Crippen molar-refractivity contribution in [2.75, 3.05) is 18.6 Å². The fourth-order valence-corrected chi connectivity index (χ4v) is 8.07. The molecule has 2 aliphatic rings. The van der Waals surface area contributed by atoms with Gasteiger partial charge < -0.3 is 31.3 Å². The smallest absolute Gasteiger partial charge is 0.352 e. The molecule has 19 heteroatoms. The first-order valence-electron chi connectivity index (χ1n) is 13.9. The predicted molar refractivity (Wildman–Crippen MR) is 178 cm³/mol. The summed E-state index contributed by atoms with van der Waals surface area (Å²) in [6.45, 7) is 0.228. The summed E-state index contributed by atoms with van der Waals surface area (Å²) < 4.78 is 18.7. The maximum Gasteiger partial charge on any atom is 0.352 e. The van der Waals surface area contributed by atoms with Gasteiger partial charge in [-0.2, -0.15) is 4.57 Å². The van der Waals surface area contributed by atoms with E-state index in [0.717, 1.165) is 28.4 Å². The topological polar surface area (TPSA) is 206 Å². The number of hydrogen-bond donors (Lipinski definition) is 5. The minimum Gasteiger partial charge on any atom is -0.477 e. The summed E-state index contributed by atoms with van der Waals surface area (Å²) in [4.78, 5) is 49.0. The minimum absolute atomic E-state index is 0.00833. The number of oxime groups is 1. The molecule has 0 spiro atoms. The number of thioether (sulfide) groups is 1. The number of amidine groups is 1. The Balaban J connectivity index is 1.24. The Labute approximate surface area is 289 Å². The van der Waals surface area contributed by atoms with Crippen LogP contribution in [0.15, 0.2) is 59.2 Å². The number of carboxylic acids is 1. The molecule has 7 N–H and O–H groups in total.